The molecule has 1 amide bonds. The van der Waals surface area contributed by atoms with Crippen LogP contribution in [0.25, 0.3) is 0 Å². The molecule has 0 radical (unpaired) electrons. The minimum Gasteiger partial charge on any atom is -0.481 e. The predicted octanol–water partition coefficient (Wildman–Crippen LogP) is 3.86. The number of hydrogen-bond acceptors (Lipinski definition) is 2. The number of carbonyl (C=O) groups is 2. The molecule has 1 aliphatic carbocycles. The number of amides is 1. The lowest BCUT2D eigenvalue weighted by atomic mass is 9.78. The van der Waals surface area contributed by atoms with Gasteiger partial charge in [-0.3, -0.25) is 9.59 Å². The highest BCUT2D eigenvalue weighted by Gasteiger charge is 2.33. The van der Waals surface area contributed by atoms with Crippen molar-refractivity contribution < 1.29 is 14.7 Å². The second-order valence-electron chi connectivity index (χ2n) is 7.26. The molecule has 2 aliphatic rings. The van der Waals surface area contributed by atoms with Gasteiger partial charge in [-0.2, -0.15) is 0 Å². The molecule has 2 atom stereocenters. The van der Waals surface area contributed by atoms with E-state index in [0.29, 0.717) is 5.92 Å². The number of aliphatic carboxylic acids is 1. The average molecular weight is 321 g/mol. The summed E-state index contributed by atoms with van der Waals surface area (Å²) in [6.45, 7) is 5.35. The van der Waals surface area contributed by atoms with Gasteiger partial charge in [0, 0.05) is 19.5 Å². The van der Waals surface area contributed by atoms with E-state index in [1.807, 2.05) is 11.0 Å². The summed E-state index contributed by atoms with van der Waals surface area (Å²) in [5.74, 6) is -0.497. The molecule has 2 rings (SSSR count). The fourth-order valence-corrected chi connectivity index (χ4v) is 4.19. The van der Waals surface area contributed by atoms with Gasteiger partial charge in [0.2, 0.25) is 5.91 Å². The molecule has 2 fully saturated rings. The summed E-state index contributed by atoms with van der Waals surface area (Å²) in [6.07, 6.45) is 11.7. The summed E-state index contributed by atoms with van der Waals surface area (Å²) in [5.41, 5.74) is 0. The molecule has 23 heavy (non-hydrogen) atoms. The Labute approximate surface area is 139 Å². The largest absolute Gasteiger partial charge is 0.481 e. The molecular formula is C19H31NO3. The number of carboxylic acid groups (broad SMARTS) is 1. The van der Waals surface area contributed by atoms with Crippen molar-refractivity contribution in [3.63, 3.8) is 0 Å². The van der Waals surface area contributed by atoms with Crippen molar-refractivity contribution in [3.8, 4) is 0 Å². The zero-order valence-electron chi connectivity index (χ0n) is 14.2. The highest BCUT2D eigenvalue weighted by atomic mass is 16.4. The first-order valence-corrected chi connectivity index (χ1v) is 9.23. The number of carbonyl (C=O) groups excluding carboxylic acids is 1. The van der Waals surface area contributed by atoms with E-state index in [1.165, 1.54) is 12.8 Å². The third-order valence-electron chi connectivity index (χ3n) is 5.58. The summed E-state index contributed by atoms with van der Waals surface area (Å²) in [7, 11) is 0. The maximum Gasteiger partial charge on any atom is 0.307 e. The van der Waals surface area contributed by atoms with Crippen molar-refractivity contribution in [1.82, 2.24) is 4.90 Å². The summed E-state index contributed by atoms with van der Waals surface area (Å²) in [4.78, 5) is 26.2. The molecule has 0 aromatic heterocycles. The maximum atomic E-state index is 12.6. The highest BCUT2D eigenvalue weighted by Crippen LogP contribution is 2.33. The van der Waals surface area contributed by atoms with Crippen LogP contribution in [0, 0.1) is 17.8 Å². The minimum atomic E-state index is -0.787. The second-order valence-corrected chi connectivity index (χ2v) is 7.26. The predicted molar refractivity (Wildman–Crippen MR) is 91.1 cm³/mol. The van der Waals surface area contributed by atoms with Crippen molar-refractivity contribution >= 4 is 11.9 Å². The topological polar surface area (TPSA) is 57.6 Å². The van der Waals surface area contributed by atoms with Crippen molar-refractivity contribution in [2.45, 2.75) is 64.2 Å². The van der Waals surface area contributed by atoms with E-state index < -0.39 is 11.9 Å². The van der Waals surface area contributed by atoms with Crippen molar-refractivity contribution in [1.29, 1.82) is 0 Å². The van der Waals surface area contributed by atoms with Gasteiger partial charge in [0.05, 0.1) is 5.92 Å². The highest BCUT2D eigenvalue weighted by molar-refractivity contribution is 5.82. The number of nitrogens with zero attached hydrogens (tertiary/aromatic N) is 1. The molecule has 1 N–H and O–H groups in total. The SMILES string of the molecule is C=CCCC1CCCN(C(=O)C[C@H](C(=O)O)C2CCCCC2)C1. The number of allylic oxidation sites excluding steroid dienone is 1. The summed E-state index contributed by atoms with van der Waals surface area (Å²) >= 11 is 0. The number of piperidine rings is 1. The van der Waals surface area contributed by atoms with Crippen LogP contribution in [-0.4, -0.2) is 35.0 Å². The Kier molecular flexibility index (Phi) is 7.13. The molecule has 0 bridgehead atoms. The molecule has 1 saturated heterocycles. The Morgan fingerprint density at radius 1 is 1.17 bits per heavy atom. The van der Waals surface area contributed by atoms with Gasteiger partial charge in [-0.25, -0.2) is 0 Å². The van der Waals surface area contributed by atoms with Crippen LogP contribution >= 0.6 is 0 Å². The van der Waals surface area contributed by atoms with Crippen LogP contribution in [0.15, 0.2) is 12.7 Å². The first-order valence-electron chi connectivity index (χ1n) is 9.23. The summed E-state index contributed by atoms with van der Waals surface area (Å²) in [5, 5.41) is 9.56. The first kappa shape index (κ1) is 18.0. The molecular weight excluding hydrogens is 290 g/mol. The molecule has 1 aliphatic heterocycles. The number of carboxylic acids is 1. The Morgan fingerprint density at radius 3 is 2.57 bits per heavy atom. The lowest BCUT2D eigenvalue weighted by molar-refractivity contribution is -0.149. The molecule has 1 heterocycles. The van der Waals surface area contributed by atoms with Crippen LogP contribution in [0.4, 0.5) is 0 Å². The van der Waals surface area contributed by atoms with Gasteiger partial charge in [0.15, 0.2) is 0 Å². The zero-order chi connectivity index (χ0) is 16.7. The van der Waals surface area contributed by atoms with Gasteiger partial charge in [-0.05, 0) is 50.4 Å². The Balaban J connectivity index is 1.89. The molecule has 4 nitrogen and oxygen atoms in total. The van der Waals surface area contributed by atoms with Gasteiger partial charge in [0.25, 0.3) is 0 Å². The lowest BCUT2D eigenvalue weighted by Crippen LogP contribution is -2.42. The molecule has 0 aromatic carbocycles. The molecule has 130 valence electrons. The number of hydrogen-bond donors (Lipinski definition) is 1. The average Bonchev–Trinajstić information content (AvgIpc) is 2.58. The normalized spacial score (nSPS) is 24.2. The smallest absolute Gasteiger partial charge is 0.307 e. The van der Waals surface area contributed by atoms with E-state index in [-0.39, 0.29) is 18.2 Å². The Bertz CT molecular complexity index is 415. The van der Waals surface area contributed by atoms with Gasteiger partial charge in [-0.15, -0.1) is 6.58 Å². The number of likely N-dealkylation sites (tertiary alicyclic amines) is 1. The molecule has 0 spiro atoms. The van der Waals surface area contributed by atoms with Crippen LogP contribution in [0.3, 0.4) is 0 Å². The fourth-order valence-electron chi connectivity index (χ4n) is 4.19. The van der Waals surface area contributed by atoms with Crippen molar-refractivity contribution in [2.75, 3.05) is 13.1 Å². The monoisotopic (exact) mass is 321 g/mol. The molecule has 4 heteroatoms. The van der Waals surface area contributed by atoms with Crippen LogP contribution in [-0.2, 0) is 9.59 Å². The minimum absolute atomic E-state index is 0.0475. The van der Waals surface area contributed by atoms with Gasteiger partial charge < -0.3 is 10.0 Å². The third-order valence-corrected chi connectivity index (χ3v) is 5.58. The van der Waals surface area contributed by atoms with Crippen LogP contribution in [0.2, 0.25) is 0 Å². The van der Waals surface area contributed by atoms with Crippen molar-refractivity contribution in [2.24, 2.45) is 17.8 Å². The van der Waals surface area contributed by atoms with E-state index in [0.717, 1.165) is 58.0 Å². The maximum absolute atomic E-state index is 12.6. The zero-order valence-corrected chi connectivity index (χ0v) is 14.2. The van der Waals surface area contributed by atoms with E-state index in [1.54, 1.807) is 0 Å². The first-order chi connectivity index (χ1) is 11.1. The lowest BCUT2D eigenvalue weighted by Gasteiger charge is -2.34. The van der Waals surface area contributed by atoms with Gasteiger partial charge >= 0.3 is 5.97 Å². The Morgan fingerprint density at radius 2 is 1.91 bits per heavy atom. The standard InChI is InChI=1S/C19H31NO3/c1-2-3-8-15-9-7-12-20(14-15)18(21)13-17(19(22)23)16-10-5-4-6-11-16/h2,15-17H,1,3-14H2,(H,22,23)/t15?,17-/m0/s1. The van der Waals surface area contributed by atoms with Crippen LogP contribution in [0.5, 0.6) is 0 Å². The van der Waals surface area contributed by atoms with Crippen molar-refractivity contribution in [3.05, 3.63) is 12.7 Å². The quantitative estimate of drug-likeness (QED) is 0.724. The van der Waals surface area contributed by atoms with Crippen LogP contribution < -0.4 is 0 Å². The van der Waals surface area contributed by atoms with Gasteiger partial charge in [0.1, 0.15) is 0 Å². The third kappa shape index (κ3) is 5.36. The van der Waals surface area contributed by atoms with Crippen LogP contribution in [0.1, 0.15) is 64.2 Å². The Hall–Kier alpha value is -1.32. The fraction of sp³-hybridized carbons (Fsp3) is 0.789. The van der Waals surface area contributed by atoms with E-state index in [4.69, 9.17) is 0 Å². The van der Waals surface area contributed by atoms with E-state index in [9.17, 15) is 14.7 Å². The summed E-state index contributed by atoms with van der Waals surface area (Å²) in [6, 6.07) is 0. The summed E-state index contributed by atoms with van der Waals surface area (Å²) < 4.78 is 0. The molecule has 0 aromatic rings. The number of rotatable bonds is 7. The second kappa shape index (κ2) is 9.09. The molecule has 1 unspecified atom stereocenters. The van der Waals surface area contributed by atoms with Gasteiger partial charge in [-0.1, -0.05) is 25.3 Å². The van der Waals surface area contributed by atoms with E-state index >= 15 is 0 Å². The van der Waals surface area contributed by atoms with E-state index in [2.05, 4.69) is 6.58 Å². The molecule has 1 saturated carbocycles.